The van der Waals surface area contributed by atoms with Crippen LogP contribution in [-0.4, -0.2) is 23.3 Å². The van der Waals surface area contributed by atoms with Gasteiger partial charge in [-0.1, -0.05) is 0 Å². The molecule has 0 radical (unpaired) electrons. The highest BCUT2D eigenvalue weighted by atomic mass is 16.5. The molecule has 1 aliphatic heterocycles. The third-order valence-corrected chi connectivity index (χ3v) is 2.70. The Balaban J connectivity index is 2.57. The lowest BCUT2D eigenvalue weighted by Gasteiger charge is -2.29. The van der Waals surface area contributed by atoms with Gasteiger partial charge in [-0.05, 0) is 45.1 Å². The summed E-state index contributed by atoms with van der Waals surface area (Å²) in [6, 6.07) is 3.19. The second-order valence-electron chi connectivity index (χ2n) is 4.63. The van der Waals surface area contributed by atoms with Crippen LogP contribution in [0.5, 0.6) is 11.5 Å². The van der Waals surface area contributed by atoms with E-state index in [0.717, 1.165) is 0 Å². The number of benzene rings is 1. The molecule has 1 aliphatic rings. The van der Waals surface area contributed by atoms with Gasteiger partial charge < -0.3 is 14.6 Å². The molecule has 0 atom stereocenters. The number of carbonyl (C=O) groups is 1. The molecule has 1 aromatic carbocycles. The molecule has 4 heteroatoms. The van der Waals surface area contributed by atoms with Crippen molar-refractivity contribution in [3.05, 3.63) is 29.3 Å². The first-order valence-corrected chi connectivity index (χ1v) is 5.86. The number of hydrogen-bond donors (Lipinski definition) is 1. The molecular weight excluding hydrogens is 232 g/mol. The van der Waals surface area contributed by atoms with Crippen LogP contribution >= 0.6 is 0 Å². The van der Waals surface area contributed by atoms with Gasteiger partial charge in [-0.2, -0.15) is 0 Å². The molecule has 1 heterocycles. The van der Waals surface area contributed by atoms with Crippen LogP contribution in [-0.2, 0) is 0 Å². The van der Waals surface area contributed by atoms with E-state index < -0.39 is 5.97 Å². The van der Waals surface area contributed by atoms with Crippen molar-refractivity contribution in [2.45, 2.75) is 26.4 Å². The van der Waals surface area contributed by atoms with Crippen molar-refractivity contribution in [1.29, 1.82) is 0 Å². The fourth-order valence-corrected chi connectivity index (χ4v) is 1.90. The molecule has 2 rings (SSSR count). The van der Waals surface area contributed by atoms with Crippen LogP contribution in [0.2, 0.25) is 0 Å². The van der Waals surface area contributed by atoms with Gasteiger partial charge in [0.2, 0.25) is 0 Å². The van der Waals surface area contributed by atoms with Crippen LogP contribution in [0.25, 0.3) is 6.08 Å². The molecule has 4 nitrogen and oxygen atoms in total. The molecule has 0 spiro atoms. The van der Waals surface area contributed by atoms with E-state index in [1.54, 1.807) is 6.07 Å². The number of rotatable bonds is 3. The lowest BCUT2D eigenvalue weighted by molar-refractivity contribution is 0.0692. The van der Waals surface area contributed by atoms with Gasteiger partial charge in [0.05, 0.1) is 12.2 Å². The van der Waals surface area contributed by atoms with E-state index in [1.165, 1.54) is 6.07 Å². The zero-order valence-electron chi connectivity index (χ0n) is 10.7. The summed E-state index contributed by atoms with van der Waals surface area (Å²) < 4.78 is 11.2. The van der Waals surface area contributed by atoms with Crippen molar-refractivity contribution in [2.24, 2.45) is 0 Å². The minimum absolute atomic E-state index is 0.156. The second kappa shape index (κ2) is 4.37. The smallest absolute Gasteiger partial charge is 0.339 e. The molecule has 0 amide bonds. The van der Waals surface area contributed by atoms with Gasteiger partial charge in [-0.3, -0.25) is 0 Å². The van der Waals surface area contributed by atoms with Crippen LogP contribution in [0.1, 0.15) is 36.7 Å². The lowest BCUT2D eigenvalue weighted by Crippen LogP contribution is -2.27. The SMILES string of the molecule is CCOc1c(C(=O)O)ccc2c1C=CC(C)(C)O2. The summed E-state index contributed by atoms with van der Waals surface area (Å²) in [4.78, 5) is 11.2. The molecule has 96 valence electrons. The molecule has 0 fully saturated rings. The number of fused-ring (bicyclic) bond motifs is 1. The highest BCUT2D eigenvalue weighted by Crippen LogP contribution is 2.39. The van der Waals surface area contributed by atoms with E-state index in [-0.39, 0.29) is 11.2 Å². The number of hydrogen-bond acceptors (Lipinski definition) is 3. The molecule has 1 N–H and O–H groups in total. The third-order valence-electron chi connectivity index (χ3n) is 2.70. The van der Waals surface area contributed by atoms with E-state index in [1.807, 2.05) is 32.9 Å². The quantitative estimate of drug-likeness (QED) is 0.893. The zero-order chi connectivity index (χ0) is 13.3. The largest absolute Gasteiger partial charge is 0.492 e. The van der Waals surface area contributed by atoms with Gasteiger partial charge in [0.25, 0.3) is 0 Å². The number of carboxylic acids is 1. The molecule has 0 bridgehead atoms. The van der Waals surface area contributed by atoms with Crippen LogP contribution in [0.4, 0.5) is 0 Å². The van der Waals surface area contributed by atoms with Crippen LogP contribution in [0, 0.1) is 0 Å². The predicted molar refractivity (Wildman–Crippen MR) is 68.3 cm³/mol. The first-order chi connectivity index (χ1) is 8.44. The average molecular weight is 248 g/mol. The Morgan fingerprint density at radius 3 is 2.78 bits per heavy atom. The molecule has 0 unspecified atom stereocenters. The maximum Gasteiger partial charge on any atom is 0.339 e. The third kappa shape index (κ3) is 2.18. The molecule has 1 aromatic rings. The number of aromatic carboxylic acids is 1. The van der Waals surface area contributed by atoms with Gasteiger partial charge in [0.1, 0.15) is 22.7 Å². The minimum atomic E-state index is -1.00. The van der Waals surface area contributed by atoms with Crippen LogP contribution in [0.15, 0.2) is 18.2 Å². The van der Waals surface area contributed by atoms with Crippen molar-refractivity contribution in [3.8, 4) is 11.5 Å². The van der Waals surface area contributed by atoms with Crippen molar-refractivity contribution in [1.82, 2.24) is 0 Å². The summed E-state index contributed by atoms with van der Waals surface area (Å²) >= 11 is 0. The van der Waals surface area contributed by atoms with Crippen molar-refractivity contribution in [3.63, 3.8) is 0 Å². The molecule has 0 aromatic heterocycles. The van der Waals surface area contributed by atoms with E-state index in [0.29, 0.717) is 23.7 Å². The Kier molecular flexibility index (Phi) is 3.03. The molecular formula is C14H16O4. The summed E-state index contributed by atoms with van der Waals surface area (Å²) in [6.07, 6.45) is 3.75. The van der Waals surface area contributed by atoms with E-state index in [9.17, 15) is 4.79 Å². The molecule has 0 saturated heterocycles. The number of ether oxygens (including phenoxy) is 2. The highest BCUT2D eigenvalue weighted by molar-refractivity contribution is 5.93. The summed E-state index contributed by atoms with van der Waals surface area (Å²) in [5.41, 5.74) is 0.459. The second-order valence-corrected chi connectivity index (χ2v) is 4.63. The van der Waals surface area contributed by atoms with Crippen molar-refractivity contribution >= 4 is 12.0 Å². The normalized spacial score (nSPS) is 15.7. The van der Waals surface area contributed by atoms with E-state index in [2.05, 4.69) is 0 Å². The standard InChI is InChI=1S/C14H16O4/c1-4-17-12-9-7-8-14(2,3)18-11(9)6-5-10(12)13(15)16/h5-8H,4H2,1-3H3,(H,15,16). The fourth-order valence-electron chi connectivity index (χ4n) is 1.90. The first kappa shape index (κ1) is 12.5. The Morgan fingerprint density at radius 2 is 2.17 bits per heavy atom. The van der Waals surface area contributed by atoms with Gasteiger partial charge in [0.15, 0.2) is 0 Å². The maximum atomic E-state index is 11.2. The van der Waals surface area contributed by atoms with Crippen molar-refractivity contribution in [2.75, 3.05) is 6.61 Å². The minimum Gasteiger partial charge on any atom is -0.492 e. The molecule has 0 aliphatic carbocycles. The lowest BCUT2D eigenvalue weighted by atomic mass is 9.99. The van der Waals surface area contributed by atoms with Gasteiger partial charge in [-0.25, -0.2) is 4.79 Å². The fraction of sp³-hybridized carbons (Fsp3) is 0.357. The summed E-state index contributed by atoms with van der Waals surface area (Å²) in [5.74, 6) is 0.0182. The monoisotopic (exact) mass is 248 g/mol. The Bertz CT molecular complexity index is 515. The number of carboxylic acid groups (broad SMARTS) is 1. The highest BCUT2D eigenvalue weighted by Gasteiger charge is 2.26. The maximum absolute atomic E-state index is 11.2. The van der Waals surface area contributed by atoms with E-state index >= 15 is 0 Å². The Morgan fingerprint density at radius 1 is 1.44 bits per heavy atom. The predicted octanol–water partition coefficient (Wildman–Crippen LogP) is 2.97. The van der Waals surface area contributed by atoms with Gasteiger partial charge in [0, 0.05) is 0 Å². The van der Waals surface area contributed by atoms with Crippen molar-refractivity contribution < 1.29 is 19.4 Å². The van der Waals surface area contributed by atoms with Crippen LogP contribution in [0.3, 0.4) is 0 Å². The molecule has 0 saturated carbocycles. The Hall–Kier alpha value is -1.97. The molecule has 18 heavy (non-hydrogen) atoms. The zero-order valence-corrected chi connectivity index (χ0v) is 10.7. The van der Waals surface area contributed by atoms with Gasteiger partial charge in [-0.15, -0.1) is 0 Å². The summed E-state index contributed by atoms with van der Waals surface area (Å²) in [7, 11) is 0. The topological polar surface area (TPSA) is 55.8 Å². The van der Waals surface area contributed by atoms with Gasteiger partial charge >= 0.3 is 5.97 Å². The first-order valence-electron chi connectivity index (χ1n) is 5.86. The Labute approximate surface area is 106 Å². The summed E-state index contributed by atoms with van der Waals surface area (Å²) in [6.45, 7) is 6.12. The van der Waals surface area contributed by atoms with Crippen LogP contribution < -0.4 is 9.47 Å². The van der Waals surface area contributed by atoms with E-state index in [4.69, 9.17) is 14.6 Å². The summed E-state index contributed by atoms with van der Waals surface area (Å²) in [5, 5.41) is 9.15. The average Bonchev–Trinajstić information content (AvgIpc) is 2.27.